The summed E-state index contributed by atoms with van der Waals surface area (Å²) in [5.41, 5.74) is 4.89. The lowest BCUT2D eigenvalue weighted by Crippen LogP contribution is -2.20. The largest absolute Gasteiger partial charge is 0.272 e. The number of hydrazone groups is 1. The van der Waals surface area contributed by atoms with E-state index in [0.717, 1.165) is 11.3 Å². The molecule has 0 saturated heterocycles. The van der Waals surface area contributed by atoms with Crippen LogP contribution in [0.2, 0.25) is 10.0 Å². The van der Waals surface area contributed by atoms with Gasteiger partial charge in [-0.25, -0.2) is 5.43 Å². The van der Waals surface area contributed by atoms with E-state index in [0.29, 0.717) is 26.6 Å². The van der Waals surface area contributed by atoms with Gasteiger partial charge in [-0.3, -0.25) is 14.3 Å². The van der Waals surface area contributed by atoms with Crippen LogP contribution in [-0.4, -0.2) is 37.6 Å². The fraction of sp³-hybridized carbons (Fsp3) is 0.0455. The quantitative estimate of drug-likeness (QED) is 0.230. The smallest absolute Gasteiger partial charge is 0.250 e. The average Bonchev–Trinajstić information content (AvgIpc) is 3.24. The van der Waals surface area contributed by atoms with Crippen LogP contribution in [-0.2, 0) is 4.79 Å². The lowest BCUT2D eigenvalue weighted by atomic mass is 10.2. The average molecular weight is 483 g/mol. The van der Waals surface area contributed by atoms with Crippen LogP contribution in [0.15, 0.2) is 83.3 Å². The van der Waals surface area contributed by atoms with Crippen LogP contribution < -0.4 is 5.43 Å². The summed E-state index contributed by atoms with van der Waals surface area (Å²) in [6.45, 7) is 0. The summed E-state index contributed by atoms with van der Waals surface area (Å²) in [5.74, 6) is 0.450. The highest BCUT2D eigenvalue weighted by atomic mass is 35.5. The van der Waals surface area contributed by atoms with Gasteiger partial charge in [0.1, 0.15) is 0 Å². The van der Waals surface area contributed by atoms with Crippen LogP contribution in [0.1, 0.15) is 5.56 Å². The Balaban J connectivity index is 1.51. The van der Waals surface area contributed by atoms with Crippen LogP contribution in [0.4, 0.5) is 0 Å². The maximum atomic E-state index is 12.3. The van der Waals surface area contributed by atoms with Crippen molar-refractivity contribution >= 4 is 47.1 Å². The summed E-state index contributed by atoms with van der Waals surface area (Å²) >= 11 is 13.4. The standard InChI is InChI=1S/C22H16Cl2N6OS/c23-17-5-7-18(8-6-17)30-21(15-9-11-25-12-10-15)28-29-22(30)32-14-20(31)27-26-13-16-3-1-2-4-19(16)24/h1-13H,14H2,(H,27,31)/b26-13-. The minimum absolute atomic E-state index is 0.0991. The molecular formula is C22H16Cl2N6OS. The maximum absolute atomic E-state index is 12.3. The Morgan fingerprint density at radius 3 is 2.53 bits per heavy atom. The Morgan fingerprint density at radius 2 is 1.78 bits per heavy atom. The lowest BCUT2D eigenvalue weighted by Gasteiger charge is -2.10. The van der Waals surface area contributed by atoms with Crippen molar-refractivity contribution in [2.45, 2.75) is 5.16 Å². The number of hydrogen-bond acceptors (Lipinski definition) is 6. The summed E-state index contributed by atoms with van der Waals surface area (Å²) in [7, 11) is 0. The zero-order valence-electron chi connectivity index (χ0n) is 16.5. The summed E-state index contributed by atoms with van der Waals surface area (Å²) in [6, 6.07) is 18.2. The van der Waals surface area contributed by atoms with Crippen molar-refractivity contribution in [3.05, 3.63) is 88.7 Å². The maximum Gasteiger partial charge on any atom is 0.250 e. The molecule has 0 bridgehead atoms. The number of nitrogens with zero attached hydrogens (tertiary/aromatic N) is 5. The second-order valence-electron chi connectivity index (χ2n) is 6.46. The van der Waals surface area contributed by atoms with E-state index in [2.05, 4.69) is 25.7 Å². The Labute approximate surface area is 198 Å². The highest BCUT2D eigenvalue weighted by Crippen LogP contribution is 2.28. The molecule has 0 aliphatic heterocycles. The number of amides is 1. The van der Waals surface area contributed by atoms with Crippen LogP contribution >= 0.6 is 35.0 Å². The van der Waals surface area contributed by atoms with E-state index in [1.54, 1.807) is 30.6 Å². The van der Waals surface area contributed by atoms with Crippen LogP contribution in [0.5, 0.6) is 0 Å². The first-order chi connectivity index (χ1) is 15.6. The van der Waals surface area contributed by atoms with Crippen LogP contribution in [0, 0.1) is 0 Å². The molecule has 1 N–H and O–H groups in total. The molecule has 2 heterocycles. The van der Waals surface area contributed by atoms with Gasteiger partial charge in [-0.2, -0.15) is 5.10 Å². The number of halogens is 2. The van der Waals surface area contributed by atoms with E-state index in [-0.39, 0.29) is 11.7 Å². The minimum atomic E-state index is -0.283. The molecule has 32 heavy (non-hydrogen) atoms. The number of hydrogen-bond donors (Lipinski definition) is 1. The molecule has 1 amide bonds. The van der Waals surface area contributed by atoms with Gasteiger partial charge in [-0.1, -0.05) is 53.2 Å². The van der Waals surface area contributed by atoms with E-state index in [4.69, 9.17) is 23.2 Å². The number of thioether (sulfide) groups is 1. The molecule has 0 fully saturated rings. The van der Waals surface area contributed by atoms with Crippen molar-refractivity contribution in [1.29, 1.82) is 0 Å². The third-order valence-electron chi connectivity index (χ3n) is 4.29. The van der Waals surface area contributed by atoms with Gasteiger partial charge in [0.25, 0.3) is 5.91 Å². The third-order valence-corrected chi connectivity index (χ3v) is 5.81. The summed E-state index contributed by atoms with van der Waals surface area (Å²) < 4.78 is 1.87. The molecule has 0 spiro atoms. The van der Waals surface area contributed by atoms with Gasteiger partial charge in [-0.05, 0) is 42.5 Å². The Hall–Kier alpha value is -3.20. The molecule has 0 saturated carbocycles. The van der Waals surface area contributed by atoms with E-state index >= 15 is 0 Å². The van der Waals surface area contributed by atoms with Crippen LogP contribution in [0.25, 0.3) is 17.1 Å². The van der Waals surface area contributed by atoms with Gasteiger partial charge >= 0.3 is 0 Å². The fourth-order valence-electron chi connectivity index (χ4n) is 2.79. The molecule has 2 aromatic carbocycles. The SMILES string of the molecule is O=C(CSc1nnc(-c2ccncc2)n1-c1ccc(Cl)cc1)N/N=C\c1ccccc1Cl. The van der Waals surface area contributed by atoms with Gasteiger partial charge in [-0.15, -0.1) is 10.2 Å². The van der Waals surface area contributed by atoms with Crippen molar-refractivity contribution in [3.8, 4) is 17.1 Å². The van der Waals surface area contributed by atoms with Crippen LogP contribution in [0.3, 0.4) is 0 Å². The van der Waals surface area contributed by atoms with E-state index in [9.17, 15) is 4.79 Å². The molecule has 7 nitrogen and oxygen atoms in total. The Kier molecular flexibility index (Phi) is 7.16. The van der Waals surface area contributed by atoms with Crippen molar-refractivity contribution in [2.24, 2.45) is 5.10 Å². The van der Waals surface area contributed by atoms with Gasteiger partial charge in [0.15, 0.2) is 11.0 Å². The molecule has 2 aromatic heterocycles. The van der Waals surface area contributed by atoms with E-state index in [1.807, 2.05) is 47.0 Å². The first-order valence-electron chi connectivity index (χ1n) is 9.43. The predicted octanol–water partition coefficient (Wildman–Crippen LogP) is 4.88. The Bertz CT molecular complexity index is 1250. The van der Waals surface area contributed by atoms with Crippen molar-refractivity contribution in [2.75, 3.05) is 5.75 Å². The number of benzene rings is 2. The number of rotatable bonds is 7. The molecule has 0 atom stereocenters. The number of aromatic nitrogens is 4. The fourth-order valence-corrected chi connectivity index (χ4v) is 3.85. The van der Waals surface area contributed by atoms with E-state index < -0.39 is 0 Å². The first-order valence-corrected chi connectivity index (χ1v) is 11.2. The lowest BCUT2D eigenvalue weighted by molar-refractivity contribution is -0.118. The normalized spacial score (nSPS) is 11.1. The van der Waals surface area contributed by atoms with Crippen molar-refractivity contribution in [3.63, 3.8) is 0 Å². The predicted molar refractivity (Wildman–Crippen MR) is 128 cm³/mol. The second-order valence-corrected chi connectivity index (χ2v) is 8.24. The second kappa shape index (κ2) is 10.4. The molecule has 4 rings (SSSR count). The highest BCUT2D eigenvalue weighted by Gasteiger charge is 2.17. The highest BCUT2D eigenvalue weighted by molar-refractivity contribution is 7.99. The monoisotopic (exact) mass is 482 g/mol. The zero-order chi connectivity index (χ0) is 22.3. The molecule has 0 unspecified atom stereocenters. The summed E-state index contributed by atoms with van der Waals surface area (Å²) in [4.78, 5) is 16.4. The Morgan fingerprint density at radius 1 is 1.03 bits per heavy atom. The number of pyridine rings is 1. The minimum Gasteiger partial charge on any atom is -0.272 e. The van der Waals surface area contributed by atoms with Gasteiger partial charge in [0.05, 0.1) is 12.0 Å². The molecular weight excluding hydrogens is 467 g/mol. The molecule has 10 heteroatoms. The number of carbonyl (C=O) groups is 1. The summed E-state index contributed by atoms with van der Waals surface area (Å²) in [5, 5.41) is 14.3. The van der Waals surface area contributed by atoms with Gasteiger partial charge in [0.2, 0.25) is 0 Å². The van der Waals surface area contributed by atoms with Gasteiger partial charge < -0.3 is 0 Å². The molecule has 0 aliphatic rings. The number of carbonyl (C=O) groups excluding carboxylic acids is 1. The first kappa shape index (κ1) is 22.0. The van der Waals surface area contributed by atoms with Crippen molar-refractivity contribution in [1.82, 2.24) is 25.2 Å². The zero-order valence-corrected chi connectivity index (χ0v) is 18.8. The molecule has 0 aliphatic carbocycles. The van der Waals surface area contributed by atoms with E-state index in [1.165, 1.54) is 18.0 Å². The number of nitrogens with one attached hydrogen (secondary N) is 1. The van der Waals surface area contributed by atoms with Crippen molar-refractivity contribution < 1.29 is 4.79 Å². The summed E-state index contributed by atoms with van der Waals surface area (Å²) in [6.07, 6.45) is 4.88. The third kappa shape index (κ3) is 5.34. The molecule has 4 aromatic rings. The topological polar surface area (TPSA) is 85.1 Å². The molecule has 160 valence electrons. The molecule has 0 radical (unpaired) electrons. The van der Waals surface area contributed by atoms with Gasteiger partial charge in [0, 0.05) is 39.3 Å².